The molecule has 0 aliphatic carbocycles. The molecule has 0 saturated carbocycles. The first kappa shape index (κ1) is 18.8. The SMILES string of the molecule is C=C/C(C=CCC(=O)OC)=C\C/C(C)=N\N=C(\C=C)CC. The minimum atomic E-state index is -0.265. The molecule has 114 valence electrons. The van der Waals surface area contributed by atoms with Crippen LogP contribution in [0, 0.1) is 0 Å². The number of rotatable bonds is 9. The molecular formula is C17H24N2O2. The van der Waals surface area contributed by atoms with Crippen LogP contribution in [-0.4, -0.2) is 24.5 Å². The van der Waals surface area contributed by atoms with Gasteiger partial charge in [0, 0.05) is 12.1 Å². The fraction of sp³-hybridized carbons (Fsp3) is 0.353. The van der Waals surface area contributed by atoms with Gasteiger partial charge in [-0.25, -0.2) is 0 Å². The Labute approximate surface area is 127 Å². The summed E-state index contributed by atoms with van der Waals surface area (Å²) in [7, 11) is 1.37. The van der Waals surface area contributed by atoms with Crippen molar-refractivity contribution in [2.45, 2.75) is 33.1 Å². The Morgan fingerprint density at radius 3 is 2.43 bits per heavy atom. The van der Waals surface area contributed by atoms with Crippen molar-refractivity contribution in [3.05, 3.63) is 49.1 Å². The molecule has 0 spiro atoms. The number of methoxy groups -OCH3 is 1. The van der Waals surface area contributed by atoms with Crippen LogP contribution in [0.3, 0.4) is 0 Å². The van der Waals surface area contributed by atoms with Crippen LogP contribution in [0.25, 0.3) is 0 Å². The molecule has 4 heteroatoms. The van der Waals surface area contributed by atoms with E-state index in [0.717, 1.165) is 23.4 Å². The molecule has 0 aliphatic heterocycles. The minimum Gasteiger partial charge on any atom is -0.469 e. The van der Waals surface area contributed by atoms with Crippen LogP contribution in [0.15, 0.2) is 59.3 Å². The zero-order valence-corrected chi connectivity index (χ0v) is 13.1. The van der Waals surface area contributed by atoms with Crippen LogP contribution >= 0.6 is 0 Å². The van der Waals surface area contributed by atoms with E-state index >= 15 is 0 Å². The van der Waals surface area contributed by atoms with Gasteiger partial charge < -0.3 is 4.74 Å². The third kappa shape index (κ3) is 9.32. The third-order valence-electron chi connectivity index (χ3n) is 2.64. The van der Waals surface area contributed by atoms with Gasteiger partial charge in [0.2, 0.25) is 0 Å². The van der Waals surface area contributed by atoms with Crippen molar-refractivity contribution >= 4 is 17.4 Å². The fourth-order valence-electron chi connectivity index (χ4n) is 1.31. The molecule has 0 rings (SSSR count). The zero-order chi connectivity index (χ0) is 16.1. The average Bonchev–Trinajstić information content (AvgIpc) is 2.51. The molecular weight excluding hydrogens is 264 g/mol. The van der Waals surface area contributed by atoms with Gasteiger partial charge in [0.15, 0.2) is 0 Å². The van der Waals surface area contributed by atoms with Crippen molar-refractivity contribution in [1.82, 2.24) is 0 Å². The van der Waals surface area contributed by atoms with Gasteiger partial charge in [0.05, 0.1) is 19.2 Å². The van der Waals surface area contributed by atoms with Gasteiger partial charge in [0.25, 0.3) is 0 Å². The highest BCUT2D eigenvalue weighted by Gasteiger charge is 1.95. The summed E-state index contributed by atoms with van der Waals surface area (Å²) in [5.74, 6) is -0.265. The van der Waals surface area contributed by atoms with Crippen LogP contribution in [0.2, 0.25) is 0 Å². The van der Waals surface area contributed by atoms with Gasteiger partial charge in [-0.2, -0.15) is 10.2 Å². The lowest BCUT2D eigenvalue weighted by Crippen LogP contribution is -1.96. The molecule has 0 aromatic rings. The van der Waals surface area contributed by atoms with Crippen LogP contribution in [0.1, 0.15) is 33.1 Å². The van der Waals surface area contributed by atoms with E-state index in [2.05, 4.69) is 28.1 Å². The Morgan fingerprint density at radius 2 is 1.90 bits per heavy atom. The minimum absolute atomic E-state index is 0.248. The molecule has 0 bridgehead atoms. The second kappa shape index (κ2) is 11.6. The summed E-state index contributed by atoms with van der Waals surface area (Å²) in [6.07, 6.45) is 10.7. The maximum absolute atomic E-state index is 11.0. The van der Waals surface area contributed by atoms with Gasteiger partial charge in [-0.3, -0.25) is 4.79 Å². The van der Waals surface area contributed by atoms with Crippen LogP contribution < -0.4 is 0 Å². The Bertz CT molecular complexity index is 483. The number of allylic oxidation sites excluding steroid dienone is 5. The van der Waals surface area contributed by atoms with Crippen molar-refractivity contribution in [2.24, 2.45) is 10.2 Å². The number of hydrogen-bond donors (Lipinski definition) is 0. The van der Waals surface area contributed by atoms with Crippen molar-refractivity contribution in [3.63, 3.8) is 0 Å². The van der Waals surface area contributed by atoms with E-state index in [9.17, 15) is 4.79 Å². The number of hydrogen-bond acceptors (Lipinski definition) is 4. The molecule has 0 aliphatic rings. The third-order valence-corrected chi connectivity index (χ3v) is 2.64. The maximum Gasteiger partial charge on any atom is 0.309 e. The quantitative estimate of drug-likeness (QED) is 0.278. The van der Waals surface area contributed by atoms with Gasteiger partial charge in [-0.05, 0) is 25.0 Å². The summed E-state index contributed by atoms with van der Waals surface area (Å²) in [6.45, 7) is 11.3. The van der Waals surface area contributed by atoms with E-state index in [1.807, 2.05) is 26.0 Å². The predicted molar refractivity (Wildman–Crippen MR) is 89.7 cm³/mol. The normalized spacial score (nSPS) is 13.4. The van der Waals surface area contributed by atoms with Gasteiger partial charge in [-0.1, -0.05) is 44.4 Å². The predicted octanol–water partition coefficient (Wildman–Crippen LogP) is 4.02. The monoisotopic (exact) mass is 288 g/mol. The molecule has 0 heterocycles. The first-order chi connectivity index (χ1) is 10.1. The molecule has 4 nitrogen and oxygen atoms in total. The van der Waals surface area contributed by atoms with Crippen molar-refractivity contribution < 1.29 is 9.53 Å². The van der Waals surface area contributed by atoms with Crippen LogP contribution in [0.5, 0.6) is 0 Å². The maximum atomic E-state index is 11.0. The summed E-state index contributed by atoms with van der Waals surface area (Å²) in [5.41, 5.74) is 2.68. The molecule has 0 fully saturated rings. The fourth-order valence-corrected chi connectivity index (χ4v) is 1.31. The largest absolute Gasteiger partial charge is 0.469 e. The first-order valence-corrected chi connectivity index (χ1v) is 6.85. The molecule has 0 aromatic carbocycles. The molecule has 0 aromatic heterocycles. The number of carbonyl (C=O) groups is 1. The topological polar surface area (TPSA) is 51.0 Å². The molecule has 0 N–H and O–H groups in total. The highest BCUT2D eigenvalue weighted by molar-refractivity contribution is 5.95. The zero-order valence-electron chi connectivity index (χ0n) is 13.1. The Morgan fingerprint density at radius 1 is 1.19 bits per heavy atom. The van der Waals surface area contributed by atoms with Crippen LogP contribution in [0.4, 0.5) is 0 Å². The van der Waals surface area contributed by atoms with Crippen molar-refractivity contribution in [3.8, 4) is 0 Å². The van der Waals surface area contributed by atoms with E-state index < -0.39 is 0 Å². The Balaban J connectivity index is 4.63. The van der Waals surface area contributed by atoms with Gasteiger partial charge in [0.1, 0.15) is 0 Å². The molecule has 0 amide bonds. The highest BCUT2D eigenvalue weighted by Crippen LogP contribution is 2.03. The molecule has 0 saturated heterocycles. The summed E-state index contributed by atoms with van der Waals surface area (Å²) < 4.78 is 4.56. The molecule has 0 radical (unpaired) electrons. The van der Waals surface area contributed by atoms with Crippen molar-refractivity contribution in [1.29, 1.82) is 0 Å². The molecule has 0 atom stereocenters. The second-order valence-electron chi connectivity index (χ2n) is 4.28. The number of ether oxygens (including phenoxy) is 1. The van der Waals surface area contributed by atoms with Crippen LogP contribution in [-0.2, 0) is 9.53 Å². The lowest BCUT2D eigenvalue weighted by Gasteiger charge is -1.97. The number of esters is 1. The molecule has 21 heavy (non-hydrogen) atoms. The Hall–Kier alpha value is -2.23. The highest BCUT2D eigenvalue weighted by atomic mass is 16.5. The Kier molecular flexibility index (Phi) is 10.4. The summed E-state index contributed by atoms with van der Waals surface area (Å²) in [4.78, 5) is 11.0. The second-order valence-corrected chi connectivity index (χ2v) is 4.28. The lowest BCUT2D eigenvalue weighted by atomic mass is 10.1. The van der Waals surface area contributed by atoms with E-state index in [1.54, 1.807) is 18.2 Å². The summed E-state index contributed by atoms with van der Waals surface area (Å²) >= 11 is 0. The van der Waals surface area contributed by atoms with E-state index in [0.29, 0.717) is 6.42 Å². The van der Waals surface area contributed by atoms with E-state index in [1.165, 1.54) is 7.11 Å². The number of carbonyl (C=O) groups excluding carboxylic acids is 1. The molecule has 0 unspecified atom stereocenters. The van der Waals surface area contributed by atoms with E-state index in [4.69, 9.17) is 0 Å². The van der Waals surface area contributed by atoms with Crippen molar-refractivity contribution in [2.75, 3.05) is 7.11 Å². The van der Waals surface area contributed by atoms with E-state index in [-0.39, 0.29) is 12.4 Å². The summed E-state index contributed by atoms with van der Waals surface area (Å²) in [6, 6.07) is 0. The van der Waals surface area contributed by atoms with Gasteiger partial charge >= 0.3 is 5.97 Å². The smallest absolute Gasteiger partial charge is 0.309 e. The standard InChI is InChI=1S/C17H24N2O2/c1-6-15(10-9-11-17(20)21-5)13-12-14(4)18-19-16(7-2)8-3/h6-7,9-10,13H,1-2,8,11-12H2,3-5H3/b10-9?,15-13+,18-14-,19-16-. The lowest BCUT2D eigenvalue weighted by molar-refractivity contribution is -0.139. The first-order valence-electron chi connectivity index (χ1n) is 6.85. The number of nitrogens with zero attached hydrogens (tertiary/aromatic N) is 2. The summed E-state index contributed by atoms with van der Waals surface area (Å²) in [5, 5.41) is 8.26. The average molecular weight is 288 g/mol. The van der Waals surface area contributed by atoms with Gasteiger partial charge in [-0.15, -0.1) is 0 Å².